The minimum atomic E-state index is -0.274. The summed E-state index contributed by atoms with van der Waals surface area (Å²) in [5.74, 6) is -0.470. The van der Waals surface area contributed by atoms with Gasteiger partial charge in [-0.3, -0.25) is 9.69 Å². The molecular formula is C23H24Cl2FN3O. The molecule has 0 N–H and O–H groups in total. The maximum atomic E-state index is 14.2. The molecule has 4 nitrogen and oxygen atoms in total. The van der Waals surface area contributed by atoms with Gasteiger partial charge in [0, 0.05) is 29.8 Å². The molecule has 7 heteroatoms. The van der Waals surface area contributed by atoms with Gasteiger partial charge in [0.05, 0.1) is 0 Å². The number of benzene rings is 1. The molecule has 1 saturated heterocycles. The Morgan fingerprint density at radius 2 is 1.83 bits per heavy atom. The SMILES string of the molecule is CC(C)=CCN1CCC2(CC1)CN(C(=O)c1cc(Cl)nc(Cl)c1)c1ccc(F)cc12. The molecule has 1 aromatic heterocycles. The summed E-state index contributed by atoms with van der Waals surface area (Å²) < 4.78 is 14.2. The van der Waals surface area contributed by atoms with E-state index in [1.165, 1.54) is 23.8 Å². The molecule has 158 valence electrons. The number of fused-ring (bicyclic) bond motifs is 2. The molecule has 1 amide bonds. The van der Waals surface area contributed by atoms with Gasteiger partial charge < -0.3 is 4.90 Å². The van der Waals surface area contributed by atoms with Crippen LogP contribution in [0, 0.1) is 5.82 Å². The summed E-state index contributed by atoms with van der Waals surface area (Å²) in [6.07, 6.45) is 3.98. The Bertz CT molecular complexity index is 991. The zero-order chi connectivity index (χ0) is 21.5. The highest BCUT2D eigenvalue weighted by atomic mass is 35.5. The van der Waals surface area contributed by atoms with Crippen LogP contribution in [0.2, 0.25) is 10.3 Å². The first-order chi connectivity index (χ1) is 14.3. The molecule has 0 bridgehead atoms. The second kappa shape index (κ2) is 8.29. The van der Waals surface area contributed by atoms with Crippen molar-refractivity contribution in [2.75, 3.05) is 31.1 Å². The average molecular weight is 448 g/mol. The molecule has 3 heterocycles. The second-order valence-electron chi connectivity index (χ2n) is 8.42. The van der Waals surface area contributed by atoms with E-state index in [2.05, 4.69) is 29.8 Å². The van der Waals surface area contributed by atoms with Crippen molar-refractivity contribution in [3.8, 4) is 0 Å². The number of carbonyl (C=O) groups is 1. The fourth-order valence-electron chi connectivity index (χ4n) is 4.47. The molecule has 0 atom stereocenters. The number of hydrogen-bond donors (Lipinski definition) is 0. The zero-order valence-corrected chi connectivity index (χ0v) is 18.6. The van der Waals surface area contributed by atoms with Gasteiger partial charge in [0.2, 0.25) is 0 Å². The zero-order valence-electron chi connectivity index (χ0n) is 17.1. The minimum Gasteiger partial charge on any atom is -0.307 e. The van der Waals surface area contributed by atoms with Crippen molar-refractivity contribution < 1.29 is 9.18 Å². The Morgan fingerprint density at radius 3 is 2.47 bits per heavy atom. The van der Waals surface area contributed by atoms with Crippen molar-refractivity contribution in [1.82, 2.24) is 9.88 Å². The summed E-state index contributed by atoms with van der Waals surface area (Å²) in [5.41, 5.74) is 3.13. The number of carbonyl (C=O) groups excluding carboxylic acids is 1. The van der Waals surface area contributed by atoms with Gasteiger partial charge in [0.1, 0.15) is 16.1 Å². The Kier molecular flexibility index (Phi) is 5.88. The maximum absolute atomic E-state index is 14.2. The molecule has 1 fully saturated rings. The standard InChI is InChI=1S/C23H24Cl2FN3O/c1-15(2)5-8-28-9-6-23(7-10-28)14-29(19-4-3-17(26)13-18(19)23)22(30)16-11-20(24)27-21(25)12-16/h3-5,11-13H,6-10,14H2,1-2H3. The van der Waals surface area contributed by atoms with Crippen LogP contribution in [0.1, 0.15) is 42.6 Å². The van der Waals surface area contributed by atoms with E-state index in [9.17, 15) is 9.18 Å². The van der Waals surface area contributed by atoms with Crippen LogP contribution in [-0.4, -0.2) is 42.0 Å². The molecule has 0 radical (unpaired) electrons. The number of nitrogens with zero attached hydrogens (tertiary/aromatic N) is 3. The maximum Gasteiger partial charge on any atom is 0.258 e. The lowest BCUT2D eigenvalue weighted by Crippen LogP contribution is -2.46. The third-order valence-corrected chi connectivity index (χ3v) is 6.49. The van der Waals surface area contributed by atoms with Gasteiger partial charge in [-0.2, -0.15) is 0 Å². The lowest BCUT2D eigenvalue weighted by molar-refractivity contribution is 0.0977. The van der Waals surface area contributed by atoms with Crippen molar-refractivity contribution in [3.05, 3.63) is 69.2 Å². The normalized spacial score (nSPS) is 17.8. The van der Waals surface area contributed by atoms with E-state index in [-0.39, 0.29) is 27.4 Å². The van der Waals surface area contributed by atoms with Gasteiger partial charge >= 0.3 is 0 Å². The van der Waals surface area contributed by atoms with E-state index in [4.69, 9.17) is 23.2 Å². The molecule has 1 spiro atoms. The van der Waals surface area contributed by atoms with Crippen molar-refractivity contribution in [2.24, 2.45) is 0 Å². The number of allylic oxidation sites excluding steroid dienone is 1. The fraction of sp³-hybridized carbons (Fsp3) is 0.391. The first-order valence-electron chi connectivity index (χ1n) is 10.1. The summed E-state index contributed by atoms with van der Waals surface area (Å²) in [4.78, 5) is 21.4. The molecule has 2 aliphatic rings. The fourth-order valence-corrected chi connectivity index (χ4v) is 4.93. The molecule has 0 saturated carbocycles. The molecule has 0 aliphatic carbocycles. The van der Waals surface area contributed by atoms with Crippen LogP contribution < -0.4 is 4.90 Å². The highest BCUT2D eigenvalue weighted by molar-refractivity contribution is 6.33. The summed E-state index contributed by atoms with van der Waals surface area (Å²) in [7, 11) is 0. The number of likely N-dealkylation sites (tertiary alicyclic amines) is 1. The van der Waals surface area contributed by atoms with Gasteiger partial charge in [-0.1, -0.05) is 34.9 Å². The summed E-state index contributed by atoms with van der Waals surface area (Å²) in [6, 6.07) is 7.75. The van der Waals surface area contributed by atoms with Gasteiger partial charge in [-0.15, -0.1) is 0 Å². The Morgan fingerprint density at radius 1 is 1.17 bits per heavy atom. The van der Waals surface area contributed by atoms with Gasteiger partial charge in [-0.05, 0) is 75.7 Å². The molecule has 30 heavy (non-hydrogen) atoms. The third kappa shape index (κ3) is 4.11. The van der Waals surface area contributed by atoms with E-state index in [0.29, 0.717) is 12.1 Å². The largest absolute Gasteiger partial charge is 0.307 e. The van der Waals surface area contributed by atoms with Crippen LogP contribution in [0.3, 0.4) is 0 Å². The summed E-state index contributed by atoms with van der Waals surface area (Å²) in [5, 5.41) is 0.346. The quantitative estimate of drug-likeness (QED) is 0.461. The number of pyridine rings is 1. The smallest absolute Gasteiger partial charge is 0.258 e. The van der Waals surface area contributed by atoms with Crippen molar-refractivity contribution in [2.45, 2.75) is 32.1 Å². The molecule has 0 unspecified atom stereocenters. The third-order valence-electron chi connectivity index (χ3n) is 6.11. The molecular weight excluding hydrogens is 424 g/mol. The summed E-state index contributed by atoms with van der Waals surface area (Å²) in [6.45, 7) is 7.47. The van der Waals surface area contributed by atoms with E-state index in [1.54, 1.807) is 17.0 Å². The van der Waals surface area contributed by atoms with Crippen LogP contribution in [0.25, 0.3) is 0 Å². The monoisotopic (exact) mass is 447 g/mol. The van der Waals surface area contributed by atoms with Crippen LogP contribution in [-0.2, 0) is 5.41 Å². The van der Waals surface area contributed by atoms with Crippen LogP contribution in [0.5, 0.6) is 0 Å². The van der Waals surface area contributed by atoms with E-state index in [1.807, 2.05) is 0 Å². The van der Waals surface area contributed by atoms with Gasteiger partial charge in [0.25, 0.3) is 5.91 Å². The van der Waals surface area contributed by atoms with Crippen LogP contribution in [0.15, 0.2) is 42.0 Å². The lowest BCUT2D eigenvalue weighted by atomic mass is 9.74. The topological polar surface area (TPSA) is 36.4 Å². The van der Waals surface area contributed by atoms with E-state index in [0.717, 1.165) is 43.7 Å². The summed E-state index contributed by atoms with van der Waals surface area (Å²) >= 11 is 12.0. The van der Waals surface area contributed by atoms with Crippen molar-refractivity contribution >= 4 is 34.8 Å². The van der Waals surface area contributed by atoms with Crippen LogP contribution >= 0.6 is 23.2 Å². The number of anilines is 1. The van der Waals surface area contributed by atoms with Gasteiger partial charge in [0.15, 0.2) is 0 Å². The van der Waals surface area contributed by atoms with E-state index < -0.39 is 0 Å². The predicted octanol–water partition coefficient (Wildman–Crippen LogP) is 5.49. The highest BCUT2D eigenvalue weighted by Crippen LogP contribution is 2.47. The van der Waals surface area contributed by atoms with Crippen molar-refractivity contribution in [1.29, 1.82) is 0 Å². The first-order valence-corrected chi connectivity index (χ1v) is 10.8. The number of amides is 1. The number of aromatic nitrogens is 1. The van der Waals surface area contributed by atoms with E-state index >= 15 is 0 Å². The van der Waals surface area contributed by atoms with Crippen LogP contribution in [0.4, 0.5) is 10.1 Å². The lowest BCUT2D eigenvalue weighted by Gasteiger charge is -2.39. The molecule has 4 rings (SSSR count). The highest BCUT2D eigenvalue weighted by Gasteiger charge is 2.46. The molecule has 2 aromatic rings. The first kappa shape index (κ1) is 21.3. The number of hydrogen-bond acceptors (Lipinski definition) is 3. The number of halogens is 3. The number of rotatable bonds is 3. The minimum absolute atomic E-state index is 0.173. The average Bonchev–Trinajstić information content (AvgIpc) is 2.99. The Balaban J connectivity index is 1.63. The predicted molar refractivity (Wildman–Crippen MR) is 119 cm³/mol. The van der Waals surface area contributed by atoms with Gasteiger partial charge in [-0.25, -0.2) is 9.37 Å². The van der Waals surface area contributed by atoms with Crippen molar-refractivity contribution in [3.63, 3.8) is 0 Å². The number of piperidine rings is 1. The molecule has 2 aliphatic heterocycles. The Hall–Kier alpha value is -1.95. The molecule has 1 aromatic carbocycles. The second-order valence-corrected chi connectivity index (χ2v) is 9.19. The Labute approximate surface area is 186 Å².